The van der Waals surface area contributed by atoms with E-state index in [2.05, 4.69) is 0 Å². The van der Waals surface area contributed by atoms with E-state index in [1.54, 1.807) is 19.2 Å². The minimum Gasteiger partial charge on any atom is -0.440 e. The highest BCUT2D eigenvalue weighted by atomic mass is 35.5. The molecule has 1 amide bonds. The molecule has 0 aliphatic carbocycles. The summed E-state index contributed by atoms with van der Waals surface area (Å²) in [5.74, 6) is -0.0504. The molecule has 1 aromatic carbocycles. The van der Waals surface area contributed by atoms with Gasteiger partial charge in [0, 0.05) is 13.6 Å². The summed E-state index contributed by atoms with van der Waals surface area (Å²) in [4.78, 5) is 13.5. The summed E-state index contributed by atoms with van der Waals surface area (Å²) in [7, 11) is 1.67. The summed E-state index contributed by atoms with van der Waals surface area (Å²) in [5.41, 5.74) is 0.878. The minimum atomic E-state index is -0.252. The van der Waals surface area contributed by atoms with Gasteiger partial charge in [-0.1, -0.05) is 29.3 Å². The second-order valence-electron chi connectivity index (χ2n) is 4.01. The predicted molar refractivity (Wildman–Crippen MR) is 76.0 cm³/mol. The van der Waals surface area contributed by atoms with Crippen molar-refractivity contribution in [3.05, 3.63) is 56.9 Å². The van der Waals surface area contributed by atoms with Gasteiger partial charge in [-0.25, -0.2) is 0 Å². The van der Waals surface area contributed by atoms with Crippen LogP contribution >= 0.6 is 34.8 Å². The van der Waals surface area contributed by atoms with Crippen molar-refractivity contribution in [1.29, 1.82) is 0 Å². The van der Waals surface area contributed by atoms with Crippen LogP contribution in [0.3, 0.4) is 0 Å². The second kappa shape index (κ2) is 5.87. The van der Waals surface area contributed by atoms with Crippen LogP contribution in [0.2, 0.25) is 15.3 Å². The van der Waals surface area contributed by atoms with Crippen LogP contribution in [0, 0.1) is 0 Å². The smallest absolute Gasteiger partial charge is 0.289 e. The molecule has 0 N–H and O–H groups in total. The quantitative estimate of drug-likeness (QED) is 0.834. The first kappa shape index (κ1) is 14.3. The third kappa shape index (κ3) is 3.44. The molecule has 3 nitrogen and oxygen atoms in total. The van der Waals surface area contributed by atoms with E-state index in [1.165, 1.54) is 17.0 Å². The molecule has 100 valence electrons. The van der Waals surface area contributed by atoms with E-state index < -0.39 is 0 Å². The van der Waals surface area contributed by atoms with Crippen LogP contribution in [0.25, 0.3) is 0 Å². The fraction of sp³-hybridized carbons (Fsp3) is 0.154. The number of benzene rings is 1. The lowest BCUT2D eigenvalue weighted by Crippen LogP contribution is -2.25. The van der Waals surface area contributed by atoms with Crippen LogP contribution < -0.4 is 0 Å². The standard InChI is InChI=1S/C13H10Cl3NO2/c1-17(13(18)11-4-5-12(16)19-11)7-8-2-3-9(14)10(15)6-8/h2-6H,7H2,1H3. The summed E-state index contributed by atoms with van der Waals surface area (Å²) in [5, 5.41) is 1.13. The molecule has 1 heterocycles. The number of hydrogen-bond donors (Lipinski definition) is 0. The Morgan fingerprint density at radius 3 is 2.47 bits per heavy atom. The molecule has 0 saturated carbocycles. The Kier molecular flexibility index (Phi) is 4.40. The third-order valence-electron chi connectivity index (χ3n) is 2.53. The SMILES string of the molecule is CN(Cc1ccc(Cl)c(Cl)c1)C(=O)c1ccc(Cl)o1. The minimum absolute atomic E-state index is 0.186. The van der Waals surface area contributed by atoms with Crippen molar-refractivity contribution in [2.24, 2.45) is 0 Å². The van der Waals surface area contributed by atoms with Crippen LogP contribution in [0.15, 0.2) is 34.7 Å². The molecule has 2 aromatic rings. The molecule has 0 saturated heterocycles. The first-order valence-electron chi connectivity index (χ1n) is 5.42. The van der Waals surface area contributed by atoms with Gasteiger partial charge in [0.05, 0.1) is 10.0 Å². The van der Waals surface area contributed by atoms with Crippen molar-refractivity contribution in [1.82, 2.24) is 4.90 Å². The molecule has 0 fully saturated rings. The molecule has 0 aliphatic rings. The van der Waals surface area contributed by atoms with Gasteiger partial charge in [0.2, 0.25) is 0 Å². The number of carbonyl (C=O) groups is 1. The average Bonchev–Trinajstić information content (AvgIpc) is 2.79. The summed E-state index contributed by atoms with van der Waals surface area (Å²) in [6.45, 7) is 0.397. The van der Waals surface area contributed by atoms with Crippen LogP contribution in [0.5, 0.6) is 0 Å². The molecular formula is C13H10Cl3NO2. The van der Waals surface area contributed by atoms with Gasteiger partial charge in [-0.3, -0.25) is 4.79 Å². The Morgan fingerprint density at radius 1 is 1.16 bits per heavy atom. The summed E-state index contributed by atoms with van der Waals surface area (Å²) in [6.07, 6.45) is 0. The summed E-state index contributed by atoms with van der Waals surface area (Å²) >= 11 is 17.4. The van der Waals surface area contributed by atoms with Crippen molar-refractivity contribution in [3.63, 3.8) is 0 Å². The van der Waals surface area contributed by atoms with Crippen molar-refractivity contribution >= 4 is 40.7 Å². The normalized spacial score (nSPS) is 10.5. The van der Waals surface area contributed by atoms with Gasteiger partial charge in [0.15, 0.2) is 11.0 Å². The number of nitrogens with zero attached hydrogens (tertiary/aromatic N) is 1. The molecule has 0 radical (unpaired) electrons. The van der Waals surface area contributed by atoms with E-state index in [0.717, 1.165) is 5.56 Å². The molecule has 0 spiro atoms. The van der Waals surface area contributed by atoms with Crippen molar-refractivity contribution in [3.8, 4) is 0 Å². The number of amides is 1. The third-order valence-corrected chi connectivity index (χ3v) is 3.48. The number of furan rings is 1. The van der Waals surface area contributed by atoms with Crippen LogP contribution in [-0.4, -0.2) is 17.9 Å². The van der Waals surface area contributed by atoms with E-state index in [9.17, 15) is 4.79 Å². The van der Waals surface area contributed by atoms with E-state index in [1.807, 2.05) is 6.07 Å². The predicted octanol–water partition coefficient (Wildman–Crippen LogP) is 4.51. The molecule has 2 rings (SSSR count). The molecule has 0 unspecified atom stereocenters. The number of halogens is 3. The lowest BCUT2D eigenvalue weighted by molar-refractivity contribution is 0.0753. The van der Waals surface area contributed by atoms with Gasteiger partial charge < -0.3 is 9.32 Å². The highest BCUT2D eigenvalue weighted by Gasteiger charge is 2.16. The van der Waals surface area contributed by atoms with Gasteiger partial charge >= 0.3 is 0 Å². The zero-order chi connectivity index (χ0) is 14.0. The highest BCUT2D eigenvalue weighted by molar-refractivity contribution is 6.42. The van der Waals surface area contributed by atoms with Gasteiger partial charge in [-0.2, -0.15) is 0 Å². The Labute approximate surface area is 125 Å². The first-order valence-corrected chi connectivity index (χ1v) is 6.55. The second-order valence-corrected chi connectivity index (χ2v) is 5.20. The van der Waals surface area contributed by atoms with E-state index in [-0.39, 0.29) is 16.9 Å². The van der Waals surface area contributed by atoms with Crippen molar-refractivity contribution in [2.75, 3.05) is 7.05 Å². The first-order chi connectivity index (χ1) is 8.97. The molecule has 19 heavy (non-hydrogen) atoms. The number of hydrogen-bond acceptors (Lipinski definition) is 2. The Morgan fingerprint density at radius 2 is 1.89 bits per heavy atom. The maximum atomic E-state index is 12.0. The largest absolute Gasteiger partial charge is 0.440 e. The summed E-state index contributed by atoms with van der Waals surface area (Å²) < 4.78 is 5.07. The van der Waals surface area contributed by atoms with Crippen LogP contribution in [0.4, 0.5) is 0 Å². The van der Waals surface area contributed by atoms with Crippen molar-refractivity contribution < 1.29 is 9.21 Å². The molecule has 0 bridgehead atoms. The molecule has 1 aromatic heterocycles. The monoisotopic (exact) mass is 317 g/mol. The molecular weight excluding hydrogens is 309 g/mol. The van der Waals surface area contributed by atoms with Gasteiger partial charge in [-0.15, -0.1) is 0 Å². The van der Waals surface area contributed by atoms with Crippen LogP contribution in [-0.2, 0) is 6.54 Å². The van der Waals surface area contributed by atoms with E-state index in [0.29, 0.717) is 16.6 Å². The van der Waals surface area contributed by atoms with Gasteiger partial charge in [0.25, 0.3) is 5.91 Å². The summed E-state index contributed by atoms with van der Waals surface area (Å²) in [6, 6.07) is 8.30. The molecule has 6 heteroatoms. The Balaban J connectivity index is 2.10. The Bertz CT molecular complexity index is 610. The average molecular weight is 319 g/mol. The van der Waals surface area contributed by atoms with Gasteiger partial charge in [-0.05, 0) is 41.4 Å². The zero-order valence-electron chi connectivity index (χ0n) is 9.99. The van der Waals surface area contributed by atoms with Crippen molar-refractivity contribution in [2.45, 2.75) is 6.54 Å². The molecule has 0 aliphatic heterocycles. The fourth-order valence-electron chi connectivity index (χ4n) is 1.60. The number of rotatable bonds is 3. The van der Waals surface area contributed by atoms with E-state index in [4.69, 9.17) is 39.2 Å². The highest BCUT2D eigenvalue weighted by Crippen LogP contribution is 2.23. The zero-order valence-corrected chi connectivity index (χ0v) is 12.3. The lowest BCUT2D eigenvalue weighted by Gasteiger charge is -2.16. The van der Waals surface area contributed by atoms with Gasteiger partial charge in [0.1, 0.15) is 0 Å². The molecule has 0 atom stereocenters. The fourth-order valence-corrected chi connectivity index (χ4v) is 2.07. The Hall–Kier alpha value is -1.16. The maximum absolute atomic E-state index is 12.0. The topological polar surface area (TPSA) is 33.5 Å². The number of carbonyl (C=O) groups excluding carboxylic acids is 1. The van der Waals surface area contributed by atoms with Crippen LogP contribution in [0.1, 0.15) is 16.1 Å². The maximum Gasteiger partial charge on any atom is 0.289 e. The van der Waals surface area contributed by atoms with E-state index >= 15 is 0 Å². The lowest BCUT2D eigenvalue weighted by atomic mass is 10.2.